The summed E-state index contributed by atoms with van der Waals surface area (Å²) in [4.78, 5) is 24.2. The molecular formula is C31H35F2N7O4S. The van der Waals surface area contributed by atoms with Crippen molar-refractivity contribution in [3.8, 4) is 17.0 Å². The molecule has 1 unspecified atom stereocenters. The Labute approximate surface area is 259 Å². The summed E-state index contributed by atoms with van der Waals surface area (Å²) >= 11 is 0. The van der Waals surface area contributed by atoms with Gasteiger partial charge in [0.1, 0.15) is 0 Å². The summed E-state index contributed by atoms with van der Waals surface area (Å²) in [5.74, 6) is -1.93. The summed E-state index contributed by atoms with van der Waals surface area (Å²) < 4.78 is 54.6. The number of β-amino-alcohol motifs (C(OH)–C–C–N with tert-alkyl or cyclic N) is 1. The van der Waals surface area contributed by atoms with Gasteiger partial charge in [0.15, 0.2) is 23.0 Å². The fourth-order valence-electron chi connectivity index (χ4n) is 6.23. The van der Waals surface area contributed by atoms with E-state index in [1.54, 1.807) is 34.7 Å². The minimum atomic E-state index is -2.78. The van der Waals surface area contributed by atoms with E-state index in [2.05, 4.69) is 25.0 Å². The number of nitrogens with zero attached hydrogens (tertiary/aromatic N) is 5. The fraction of sp³-hybridized carbons (Fsp3) is 0.387. The summed E-state index contributed by atoms with van der Waals surface area (Å²) in [7, 11) is 0.0667. The van der Waals surface area contributed by atoms with Crippen LogP contribution in [0.2, 0.25) is 0 Å². The Kier molecular flexibility index (Phi) is 8.46. The molecule has 0 bridgehead atoms. The Hall–Kier alpha value is -4.14. The molecule has 4 aromatic rings. The molecule has 4 heterocycles. The van der Waals surface area contributed by atoms with Crippen LogP contribution in [0.3, 0.4) is 0 Å². The molecule has 2 aliphatic rings. The molecule has 0 saturated carbocycles. The van der Waals surface area contributed by atoms with Crippen molar-refractivity contribution in [1.29, 1.82) is 0 Å². The van der Waals surface area contributed by atoms with Crippen LogP contribution in [0.4, 0.5) is 20.3 Å². The number of carbonyl (C=O) groups is 1. The third-order valence-electron chi connectivity index (χ3n) is 8.61. The normalized spacial score (nSPS) is 20.3. The summed E-state index contributed by atoms with van der Waals surface area (Å²) in [6.07, 6.45) is 5.61. The van der Waals surface area contributed by atoms with Crippen LogP contribution in [-0.4, -0.2) is 85.7 Å². The first-order valence-electron chi connectivity index (χ1n) is 14.7. The number of imidazole rings is 1. The molecule has 238 valence electrons. The number of benzene rings is 2. The zero-order valence-electron chi connectivity index (χ0n) is 25.2. The number of fused-ring (bicyclic) bond motifs is 1. The van der Waals surface area contributed by atoms with Gasteiger partial charge < -0.3 is 25.4 Å². The highest BCUT2D eigenvalue weighted by Crippen LogP contribution is 2.33. The first kappa shape index (κ1) is 30.9. The lowest BCUT2D eigenvalue weighted by Crippen LogP contribution is -2.48. The lowest BCUT2D eigenvalue weighted by molar-refractivity contribution is -0.134. The van der Waals surface area contributed by atoms with E-state index in [0.717, 1.165) is 5.56 Å². The minimum Gasteiger partial charge on any atom is -0.494 e. The molecule has 3 atom stereocenters. The third kappa shape index (κ3) is 5.62. The lowest BCUT2D eigenvalue weighted by Gasteiger charge is -2.35. The van der Waals surface area contributed by atoms with E-state index in [1.165, 1.54) is 31.6 Å². The van der Waals surface area contributed by atoms with Crippen molar-refractivity contribution in [2.24, 2.45) is 4.36 Å². The molecular weight excluding hydrogens is 604 g/mol. The van der Waals surface area contributed by atoms with Gasteiger partial charge in [-0.2, -0.15) is 4.39 Å². The number of amides is 1. The van der Waals surface area contributed by atoms with Crippen LogP contribution < -0.4 is 15.4 Å². The molecule has 45 heavy (non-hydrogen) atoms. The number of methoxy groups -OCH3 is 1. The quantitative estimate of drug-likeness (QED) is 0.277. The van der Waals surface area contributed by atoms with Crippen molar-refractivity contribution < 1.29 is 27.6 Å². The average molecular weight is 640 g/mol. The van der Waals surface area contributed by atoms with Crippen molar-refractivity contribution in [3.05, 3.63) is 66.1 Å². The molecule has 2 aromatic heterocycles. The number of halogens is 2. The van der Waals surface area contributed by atoms with Gasteiger partial charge in [0, 0.05) is 50.3 Å². The fourth-order valence-corrected chi connectivity index (χ4v) is 8.72. The number of rotatable bonds is 7. The molecule has 1 amide bonds. The van der Waals surface area contributed by atoms with E-state index in [9.17, 15) is 22.9 Å². The van der Waals surface area contributed by atoms with Crippen LogP contribution in [0.1, 0.15) is 24.8 Å². The zero-order chi connectivity index (χ0) is 31.9. The monoisotopic (exact) mass is 639 g/mol. The van der Waals surface area contributed by atoms with Crippen molar-refractivity contribution in [2.75, 3.05) is 39.1 Å². The Morgan fingerprint density at radius 2 is 1.96 bits per heavy atom. The maximum Gasteiger partial charge on any atom is 0.239 e. The number of aliphatic hydroxyl groups excluding tert-OH is 1. The van der Waals surface area contributed by atoms with Gasteiger partial charge >= 0.3 is 0 Å². The minimum absolute atomic E-state index is 0.0222. The van der Waals surface area contributed by atoms with E-state index in [1.807, 2.05) is 13.0 Å². The standard InChI is InChI=1S/C31H35F2N7O4S/c1-18-14-19(38-29-30-37-17-24(40(30)13-10-35-29)22-5-6-25(44-3)28(33)27(22)32)4-7-26(18)45(43,34-2)21-8-11-39(12-9-21)31(42)23-15-20(41)16-36-23/h4-7,10,13-14,17,20-21,23,36,41H,8-9,11-12,15-16H2,1-3H3,(H,35,38)/t20-,23+,45?/m1/s1. The van der Waals surface area contributed by atoms with Gasteiger partial charge in [-0.1, -0.05) is 0 Å². The smallest absolute Gasteiger partial charge is 0.239 e. The second-order valence-electron chi connectivity index (χ2n) is 11.3. The number of hydrogen-bond acceptors (Lipinski definition) is 9. The molecule has 2 aliphatic heterocycles. The van der Waals surface area contributed by atoms with Gasteiger partial charge in [0.2, 0.25) is 11.7 Å². The predicted molar refractivity (Wildman–Crippen MR) is 166 cm³/mol. The summed E-state index contributed by atoms with van der Waals surface area (Å²) in [6.45, 7) is 3.26. The van der Waals surface area contributed by atoms with Gasteiger partial charge in [0.05, 0.1) is 51.0 Å². The average Bonchev–Trinajstić information content (AvgIpc) is 3.69. The first-order valence-corrected chi connectivity index (χ1v) is 16.3. The van der Waals surface area contributed by atoms with E-state index in [0.29, 0.717) is 66.6 Å². The third-order valence-corrected chi connectivity index (χ3v) is 11.6. The number of nitrogens with one attached hydrogen (secondary N) is 2. The van der Waals surface area contributed by atoms with Crippen molar-refractivity contribution >= 4 is 32.8 Å². The maximum absolute atomic E-state index is 14.9. The molecule has 6 rings (SSSR count). The summed E-state index contributed by atoms with van der Waals surface area (Å²) in [5.41, 5.74) is 2.23. The lowest BCUT2D eigenvalue weighted by atomic mass is 10.1. The molecule has 0 aliphatic carbocycles. The van der Waals surface area contributed by atoms with Crippen LogP contribution in [0.15, 0.2) is 58.2 Å². The molecule has 0 spiro atoms. The molecule has 14 heteroatoms. The van der Waals surface area contributed by atoms with E-state index >= 15 is 0 Å². The first-order chi connectivity index (χ1) is 21.6. The van der Waals surface area contributed by atoms with Gasteiger partial charge in [0.25, 0.3) is 0 Å². The number of carbonyl (C=O) groups excluding carboxylic acids is 1. The van der Waals surface area contributed by atoms with E-state index in [-0.39, 0.29) is 28.5 Å². The number of likely N-dealkylation sites (tertiary alicyclic amines) is 1. The second-order valence-corrected chi connectivity index (χ2v) is 13.9. The molecule has 2 fully saturated rings. The largest absolute Gasteiger partial charge is 0.494 e. The van der Waals surface area contributed by atoms with Crippen LogP contribution in [0.25, 0.3) is 16.9 Å². The highest BCUT2D eigenvalue weighted by atomic mass is 32.2. The molecule has 0 radical (unpaired) electrons. The number of aromatic nitrogens is 3. The van der Waals surface area contributed by atoms with Crippen molar-refractivity contribution in [3.63, 3.8) is 0 Å². The van der Waals surface area contributed by atoms with Crippen LogP contribution in [0.5, 0.6) is 5.75 Å². The number of hydrogen-bond donors (Lipinski definition) is 3. The molecule has 3 N–H and O–H groups in total. The Morgan fingerprint density at radius 3 is 2.62 bits per heavy atom. The SMILES string of the molecule is CN=S(=O)(c1ccc(Nc2nccn3c(-c4ccc(OC)c(F)c4F)cnc23)cc1C)C1CCN(C(=O)[C@@H]2C[C@@H](O)CN2)CC1. The predicted octanol–water partition coefficient (Wildman–Crippen LogP) is 3.91. The molecule has 11 nitrogen and oxygen atoms in total. The highest BCUT2D eigenvalue weighted by molar-refractivity contribution is 7.94. The Morgan fingerprint density at radius 1 is 1.18 bits per heavy atom. The molecule has 2 aromatic carbocycles. The Balaban J connectivity index is 1.20. The zero-order valence-corrected chi connectivity index (χ0v) is 26.0. The number of anilines is 2. The van der Waals surface area contributed by atoms with Crippen molar-refractivity contribution in [2.45, 2.75) is 48.5 Å². The van der Waals surface area contributed by atoms with Crippen molar-refractivity contribution in [1.82, 2.24) is 24.6 Å². The highest BCUT2D eigenvalue weighted by Gasteiger charge is 2.36. The summed E-state index contributed by atoms with van der Waals surface area (Å²) in [5, 5.41) is 15.9. The number of ether oxygens (including phenoxy) is 1. The molecule has 2 saturated heterocycles. The number of piperidine rings is 1. The van der Waals surface area contributed by atoms with Crippen LogP contribution >= 0.6 is 0 Å². The Bertz CT molecular complexity index is 1880. The number of aryl methyl sites for hydroxylation is 1. The summed E-state index contributed by atoms with van der Waals surface area (Å²) in [6, 6.07) is 7.90. The van der Waals surface area contributed by atoms with E-state index < -0.39 is 27.5 Å². The van der Waals surface area contributed by atoms with Gasteiger partial charge in [-0.05, 0) is 62.1 Å². The second kappa shape index (κ2) is 12.3. The number of aliphatic hydroxyl groups is 1. The van der Waals surface area contributed by atoms with Gasteiger partial charge in [-0.15, -0.1) is 0 Å². The van der Waals surface area contributed by atoms with Gasteiger partial charge in [-0.3, -0.25) is 9.20 Å². The maximum atomic E-state index is 14.9. The van der Waals surface area contributed by atoms with Crippen LogP contribution in [0, 0.1) is 18.6 Å². The van der Waals surface area contributed by atoms with Crippen LogP contribution in [-0.2, 0) is 14.5 Å². The topological polar surface area (TPSA) is 133 Å². The van der Waals surface area contributed by atoms with E-state index in [4.69, 9.17) is 4.74 Å². The van der Waals surface area contributed by atoms with Gasteiger partial charge in [-0.25, -0.2) is 22.9 Å².